The van der Waals surface area contributed by atoms with Crippen molar-refractivity contribution in [2.24, 2.45) is 0 Å². The molecule has 0 aliphatic heterocycles. The van der Waals surface area contributed by atoms with Gasteiger partial charge < -0.3 is 0 Å². The third-order valence-corrected chi connectivity index (χ3v) is 6.45. The fourth-order valence-electron chi connectivity index (χ4n) is 3.97. The van der Waals surface area contributed by atoms with Crippen molar-refractivity contribution in [3.8, 4) is 10.4 Å². The maximum absolute atomic E-state index is 2.34. The molecular formula is C25H20S. The van der Waals surface area contributed by atoms with Gasteiger partial charge in [0.15, 0.2) is 0 Å². The minimum absolute atomic E-state index is 1.03. The molecule has 0 N–H and O–H groups in total. The number of rotatable bonds is 2. The number of fused-ring (bicyclic) bond motifs is 2. The molecule has 5 rings (SSSR count). The molecule has 2 aliphatic carbocycles. The smallest absolute Gasteiger partial charge is 0.0431 e. The number of hydrogen-bond donors (Lipinski definition) is 0. The zero-order valence-electron chi connectivity index (χ0n) is 15.0. The summed E-state index contributed by atoms with van der Waals surface area (Å²) < 4.78 is 0. The summed E-state index contributed by atoms with van der Waals surface area (Å²) in [7, 11) is 0. The molecule has 0 amide bonds. The lowest BCUT2D eigenvalue weighted by Gasteiger charge is -2.11. The third-order valence-electron chi connectivity index (χ3n) is 5.25. The van der Waals surface area contributed by atoms with E-state index in [1.54, 1.807) is 0 Å². The lowest BCUT2D eigenvalue weighted by molar-refractivity contribution is 1.39. The van der Waals surface area contributed by atoms with Crippen LogP contribution in [0, 0.1) is 0 Å². The van der Waals surface area contributed by atoms with E-state index in [1.165, 1.54) is 53.9 Å². The van der Waals surface area contributed by atoms with E-state index >= 15 is 0 Å². The van der Waals surface area contributed by atoms with Crippen LogP contribution in [0.15, 0.2) is 72.3 Å². The highest BCUT2D eigenvalue weighted by Crippen LogP contribution is 2.49. The van der Waals surface area contributed by atoms with Crippen molar-refractivity contribution in [1.29, 1.82) is 0 Å². The van der Waals surface area contributed by atoms with Crippen LogP contribution < -0.4 is 0 Å². The Morgan fingerprint density at radius 2 is 1.77 bits per heavy atom. The van der Waals surface area contributed by atoms with E-state index < -0.39 is 0 Å². The highest BCUT2D eigenvalue weighted by Gasteiger charge is 2.26. The van der Waals surface area contributed by atoms with Crippen molar-refractivity contribution < 1.29 is 0 Å². The van der Waals surface area contributed by atoms with Crippen molar-refractivity contribution in [2.75, 3.05) is 0 Å². The molecule has 0 unspecified atom stereocenters. The van der Waals surface area contributed by atoms with E-state index in [2.05, 4.69) is 86.7 Å². The Balaban J connectivity index is 1.78. The molecule has 0 saturated carbocycles. The van der Waals surface area contributed by atoms with Gasteiger partial charge in [-0.15, -0.1) is 11.3 Å². The van der Waals surface area contributed by atoms with Gasteiger partial charge in [0.25, 0.3) is 0 Å². The quantitative estimate of drug-likeness (QED) is 0.442. The Labute approximate surface area is 158 Å². The van der Waals surface area contributed by atoms with E-state index in [0.29, 0.717) is 0 Å². The molecule has 0 radical (unpaired) electrons. The second kappa shape index (κ2) is 5.96. The Kier molecular flexibility index (Phi) is 3.58. The molecular weight excluding hydrogens is 332 g/mol. The van der Waals surface area contributed by atoms with E-state index in [0.717, 1.165) is 6.42 Å². The molecule has 0 atom stereocenters. The van der Waals surface area contributed by atoms with Gasteiger partial charge in [-0.1, -0.05) is 66.3 Å². The molecule has 0 spiro atoms. The average molecular weight is 353 g/mol. The first-order chi connectivity index (χ1) is 12.7. The lowest BCUT2D eigenvalue weighted by Crippen LogP contribution is -1.90. The number of allylic oxidation sites excluding steroid dienone is 7. The number of thiophene rings is 1. The number of hydrogen-bond acceptors (Lipinski definition) is 1. The largest absolute Gasteiger partial charge is 0.135 e. The van der Waals surface area contributed by atoms with Crippen molar-refractivity contribution in [3.05, 3.63) is 88.3 Å². The molecule has 0 fully saturated rings. The summed E-state index contributed by atoms with van der Waals surface area (Å²) in [5.74, 6) is 0. The second-order valence-electron chi connectivity index (χ2n) is 7.18. The van der Waals surface area contributed by atoms with Gasteiger partial charge in [-0.3, -0.25) is 0 Å². The highest BCUT2D eigenvalue weighted by molar-refractivity contribution is 7.17. The predicted molar refractivity (Wildman–Crippen MR) is 116 cm³/mol. The van der Waals surface area contributed by atoms with Crippen molar-refractivity contribution in [2.45, 2.75) is 20.3 Å². The van der Waals surface area contributed by atoms with E-state index in [9.17, 15) is 0 Å². The molecule has 2 aromatic carbocycles. The van der Waals surface area contributed by atoms with Crippen LogP contribution in [0.3, 0.4) is 0 Å². The molecule has 1 heterocycles. The molecule has 1 aromatic heterocycles. The van der Waals surface area contributed by atoms with Gasteiger partial charge in [-0.2, -0.15) is 0 Å². The van der Waals surface area contributed by atoms with Crippen LogP contribution in [0.4, 0.5) is 0 Å². The molecule has 1 heteroatoms. The Bertz CT molecular complexity index is 1160. The minimum Gasteiger partial charge on any atom is -0.135 e. The van der Waals surface area contributed by atoms with E-state index in [-0.39, 0.29) is 0 Å². The summed E-state index contributed by atoms with van der Waals surface area (Å²) in [4.78, 5) is 2.80. The van der Waals surface area contributed by atoms with Crippen LogP contribution >= 0.6 is 11.3 Å². The lowest BCUT2D eigenvalue weighted by atomic mass is 9.92. The Hall–Kier alpha value is -2.64. The molecule has 3 aromatic rings. The van der Waals surface area contributed by atoms with Gasteiger partial charge in [-0.25, -0.2) is 0 Å². The maximum Gasteiger partial charge on any atom is 0.0431 e. The zero-order chi connectivity index (χ0) is 17.7. The van der Waals surface area contributed by atoms with Gasteiger partial charge in [0, 0.05) is 20.9 Å². The Morgan fingerprint density at radius 1 is 0.923 bits per heavy atom. The summed E-state index contributed by atoms with van der Waals surface area (Å²) in [5.41, 5.74) is 8.42. The van der Waals surface area contributed by atoms with Crippen LogP contribution in [0.5, 0.6) is 0 Å². The van der Waals surface area contributed by atoms with Crippen LogP contribution in [-0.4, -0.2) is 0 Å². The summed E-state index contributed by atoms with van der Waals surface area (Å²) in [6, 6.07) is 15.5. The summed E-state index contributed by atoms with van der Waals surface area (Å²) in [5, 5.41) is 2.61. The van der Waals surface area contributed by atoms with Gasteiger partial charge >= 0.3 is 0 Å². The standard InChI is InChI=1S/C25H20S/c1-16(2)21-13-14-22-24(21)23(18-8-4-5-9-18)25(26-22)20-12-11-17-7-3-6-10-19(17)15-20/h3-8,10-15H,9H2,1-2H3. The van der Waals surface area contributed by atoms with Crippen molar-refractivity contribution >= 4 is 39.3 Å². The summed E-state index contributed by atoms with van der Waals surface area (Å²) in [6.07, 6.45) is 12.3. The van der Waals surface area contributed by atoms with Gasteiger partial charge in [0.05, 0.1) is 0 Å². The van der Waals surface area contributed by atoms with Crippen LogP contribution in [0.1, 0.15) is 36.3 Å². The van der Waals surface area contributed by atoms with Crippen molar-refractivity contribution in [3.63, 3.8) is 0 Å². The predicted octanol–water partition coefficient (Wildman–Crippen LogP) is 7.73. The van der Waals surface area contributed by atoms with E-state index in [1.807, 2.05) is 11.3 Å². The summed E-state index contributed by atoms with van der Waals surface area (Å²) in [6.45, 7) is 4.43. The zero-order valence-corrected chi connectivity index (χ0v) is 15.9. The number of benzene rings is 2. The summed E-state index contributed by atoms with van der Waals surface area (Å²) >= 11 is 1.93. The molecule has 26 heavy (non-hydrogen) atoms. The molecule has 2 aliphatic rings. The van der Waals surface area contributed by atoms with Crippen LogP contribution in [0.2, 0.25) is 0 Å². The fraction of sp³-hybridized carbons (Fsp3) is 0.120. The SMILES string of the molecule is CC(C)=C1C=Cc2sc(-c3ccc4ccccc4c3)c(C3=CC=CC3)c21. The topological polar surface area (TPSA) is 0 Å². The first-order valence-electron chi connectivity index (χ1n) is 9.10. The minimum atomic E-state index is 1.03. The first kappa shape index (κ1) is 15.6. The second-order valence-corrected chi connectivity index (χ2v) is 8.23. The first-order valence-corrected chi connectivity index (χ1v) is 9.92. The average Bonchev–Trinajstić information content (AvgIpc) is 3.37. The van der Waals surface area contributed by atoms with Crippen LogP contribution in [0.25, 0.3) is 38.4 Å². The molecule has 0 saturated heterocycles. The highest BCUT2D eigenvalue weighted by atomic mass is 32.1. The van der Waals surface area contributed by atoms with Gasteiger partial charge in [0.1, 0.15) is 0 Å². The van der Waals surface area contributed by atoms with Crippen molar-refractivity contribution in [1.82, 2.24) is 0 Å². The van der Waals surface area contributed by atoms with Crippen LogP contribution in [-0.2, 0) is 0 Å². The monoisotopic (exact) mass is 352 g/mol. The van der Waals surface area contributed by atoms with E-state index in [4.69, 9.17) is 0 Å². The maximum atomic E-state index is 2.34. The molecule has 126 valence electrons. The Morgan fingerprint density at radius 3 is 2.54 bits per heavy atom. The third kappa shape index (κ3) is 2.35. The molecule has 0 nitrogen and oxygen atoms in total. The van der Waals surface area contributed by atoms with Gasteiger partial charge in [0.2, 0.25) is 0 Å². The normalized spacial score (nSPS) is 15.0. The van der Waals surface area contributed by atoms with Gasteiger partial charge in [-0.05, 0) is 59.9 Å². The molecule has 0 bridgehead atoms. The fourth-order valence-corrected chi connectivity index (χ4v) is 5.22.